The lowest BCUT2D eigenvalue weighted by Gasteiger charge is -2.25. The fourth-order valence-corrected chi connectivity index (χ4v) is 6.17. The van der Waals surface area contributed by atoms with Gasteiger partial charge in [-0.15, -0.1) is 0 Å². The average Bonchev–Trinajstić information content (AvgIpc) is 2.86. The Kier molecular flexibility index (Phi) is 6.29. The molecule has 1 saturated heterocycles. The van der Waals surface area contributed by atoms with E-state index in [4.69, 9.17) is 12.2 Å². The topological polar surface area (TPSA) is 37.4 Å². The van der Waals surface area contributed by atoms with E-state index in [1.54, 1.807) is 12.1 Å². The van der Waals surface area contributed by atoms with Crippen molar-refractivity contribution in [1.29, 1.82) is 0 Å². The summed E-state index contributed by atoms with van der Waals surface area (Å²) in [6.07, 6.45) is 5.49. The van der Waals surface area contributed by atoms with Gasteiger partial charge < -0.3 is 0 Å². The lowest BCUT2D eigenvalue weighted by Crippen LogP contribution is -2.38. The normalized spacial score (nSPS) is 18.9. The molecule has 1 aromatic rings. The maximum absolute atomic E-state index is 12.9. The van der Waals surface area contributed by atoms with E-state index < -0.39 is 10.0 Å². The fraction of sp³-hybridized carbons (Fsp3) is 0.562. The molecular weight excluding hydrogens is 334 g/mol. The number of sulfonamides is 1. The van der Waals surface area contributed by atoms with Crippen molar-refractivity contribution in [1.82, 2.24) is 4.31 Å². The summed E-state index contributed by atoms with van der Waals surface area (Å²) < 4.78 is 27.7. The van der Waals surface area contributed by atoms with E-state index in [1.165, 1.54) is 28.9 Å². The average molecular weight is 358 g/mol. The van der Waals surface area contributed by atoms with Crippen LogP contribution in [0.25, 0.3) is 0 Å². The van der Waals surface area contributed by atoms with Crippen molar-refractivity contribution in [2.45, 2.75) is 56.9 Å². The highest BCUT2D eigenvalue weighted by Gasteiger charge is 2.38. The van der Waals surface area contributed by atoms with Crippen molar-refractivity contribution < 1.29 is 8.42 Å². The summed E-state index contributed by atoms with van der Waals surface area (Å²) in [7, 11) is -3.53. The van der Waals surface area contributed by atoms with Crippen molar-refractivity contribution in [3.8, 4) is 0 Å². The molecular formula is C16H23NO2S3. The zero-order valence-electron chi connectivity index (χ0n) is 13.1. The summed E-state index contributed by atoms with van der Waals surface area (Å²) in [5, 5.41) is 0. The highest BCUT2D eigenvalue weighted by Crippen LogP contribution is 2.33. The third-order valence-corrected chi connectivity index (χ3v) is 7.52. The van der Waals surface area contributed by atoms with Crippen LogP contribution in [0.15, 0.2) is 29.2 Å². The van der Waals surface area contributed by atoms with Crippen LogP contribution in [-0.2, 0) is 10.0 Å². The Hall–Kier alpha value is -0.590. The smallest absolute Gasteiger partial charge is 0.247 e. The number of nitrogens with zero attached hydrogens (tertiary/aromatic N) is 1. The molecule has 1 aromatic carbocycles. The monoisotopic (exact) mass is 357 g/mol. The van der Waals surface area contributed by atoms with Gasteiger partial charge in [0.05, 0.1) is 10.9 Å². The predicted molar refractivity (Wildman–Crippen MR) is 97.8 cm³/mol. The molecule has 0 radical (unpaired) electrons. The molecule has 0 aliphatic carbocycles. The lowest BCUT2D eigenvalue weighted by atomic mass is 10.1. The van der Waals surface area contributed by atoms with E-state index in [1.807, 2.05) is 19.1 Å². The number of thioether (sulfide) groups is 1. The Morgan fingerprint density at radius 2 is 1.91 bits per heavy atom. The highest BCUT2D eigenvalue weighted by atomic mass is 32.2. The molecule has 0 saturated carbocycles. The van der Waals surface area contributed by atoms with Crippen LogP contribution in [0, 0.1) is 6.92 Å². The molecule has 0 spiro atoms. The third-order valence-electron chi connectivity index (χ3n) is 3.88. The molecule has 22 heavy (non-hydrogen) atoms. The third kappa shape index (κ3) is 4.03. The Bertz CT molecular complexity index is 611. The molecule has 1 fully saturated rings. The summed E-state index contributed by atoms with van der Waals surface area (Å²) in [6, 6.07) is 7.00. The SMILES string of the molecule is CCCCCC[C@@H]1CSC(=S)N1S(=O)(=O)c1ccc(C)cc1. The van der Waals surface area contributed by atoms with Crippen LogP contribution < -0.4 is 0 Å². The van der Waals surface area contributed by atoms with Crippen molar-refractivity contribution in [3.05, 3.63) is 29.8 Å². The molecule has 0 amide bonds. The van der Waals surface area contributed by atoms with E-state index in [2.05, 4.69) is 6.92 Å². The van der Waals surface area contributed by atoms with Gasteiger partial charge in [0.2, 0.25) is 0 Å². The second kappa shape index (κ2) is 7.79. The summed E-state index contributed by atoms with van der Waals surface area (Å²) in [5.41, 5.74) is 1.05. The molecule has 0 unspecified atom stereocenters. The van der Waals surface area contributed by atoms with Crippen molar-refractivity contribution in [3.63, 3.8) is 0 Å². The molecule has 1 heterocycles. The van der Waals surface area contributed by atoms with Crippen LogP contribution in [0.2, 0.25) is 0 Å². The standard InChI is InChI=1S/C16H23NO2S3/c1-3-4-5-6-7-14-12-21-16(20)17(14)22(18,19)15-10-8-13(2)9-11-15/h8-11,14H,3-7,12H2,1-2H3/t14-/m1/s1. The molecule has 122 valence electrons. The predicted octanol–water partition coefficient (Wildman–Crippen LogP) is 4.36. The number of aryl methyl sites for hydroxylation is 1. The largest absolute Gasteiger partial charge is 0.265 e. The molecule has 1 aliphatic rings. The van der Waals surface area contributed by atoms with E-state index in [0.29, 0.717) is 9.22 Å². The number of hydrogen-bond acceptors (Lipinski definition) is 4. The first-order valence-electron chi connectivity index (χ1n) is 7.74. The van der Waals surface area contributed by atoms with Gasteiger partial charge in [0.15, 0.2) is 4.32 Å². The maximum atomic E-state index is 12.9. The van der Waals surface area contributed by atoms with Gasteiger partial charge in [-0.25, -0.2) is 12.7 Å². The number of benzene rings is 1. The highest BCUT2D eigenvalue weighted by molar-refractivity contribution is 8.24. The Morgan fingerprint density at radius 1 is 1.23 bits per heavy atom. The quantitative estimate of drug-likeness (QED) is 0.537. The minimum absolute atomic E-state index is 0.000610. The number of thiocarbonyl (C=S) groups is 1. The molecule has 2 rings (SSSR count). The second-order valence-corrected chi connectivity index (χ2v) is 9.16. The molecule has 1 aliphatic heterocycles. The van der Waals surface area contributed by atoms with Crippen LogP contribution in [0.1, 0.15) is 44.6 Å². The maximum Gasteiger partial charge on any atom is 0.265 e. The fourth-order valence-electron chi connectivity index (χ4n) is 2.57. The van der Waals surface area contributed by atoms with E-state index >= 15 is 0 Å². The second-order valence-electron chi connectivity index (χ2n) is 5.69. The zero-order valence-corrected chi connectivity index (χ0v) is 15.6. The van der Waals surface area contributed by atoms with Gasteiger partial charge in [-0.05, 0) is 25.5 Å². The van der Waals surface area contributed by atoms with Crippen LogP contribution in [0.3, 0.4) is 0 Å². The first-order valence-corrected chi connectivity index (χ1v) is 10.6. The minimum atomic E-state index is -3.53. The molecule has 0 N–H and O–H groups in total. The van der Waals surface area contributed by atoms with E-state index in [0.717, 1.165) is 30.6 Å². The minimum Gasteiger partial charge on any atom is -0.247 e. The lowest BCUT2D eigenvalue weighted by molar-refractivity contribution is 0.432. The van der Waals surface area contributed by atoms with Gasteiger partial charge in [0, 0.05) is 5.75 Å². The Labute approximate surface area is 143 Å². The summed E-state index contributed by atoms with van der Waals surface area (Å²) >= 11 is 6.78. The molecule has 0 aromatic heterocycles. The Morgan fingerprint density at radius 3 is 2.55 bits per heavy atom. The molecule has 1 atom stereocenters. The summed E-state index contributed by atoms with van der Waals surface area (Å²) in [4.78, 5) is 0.335. The van der Waals surface area contributed by atoms with E-state index in [9.17, 15) is 8.42 Å². The van der Waals surface area contributed by atoms with Gasteiger partial charge in [-0.1, -0.05) is 74.3 Å². The Balaban J connectivity index is 2.15. The van der Waals surface area contributed by atoms with Gasteiger partial charge in [0.1, 0.15) is 0 Å². The van der Waals surface area contributed by atoms with Crippen LogP contribution in [0.5, 0.6) is 0 Å². The first kappa shape index (κ1) is 17.8. The number of rotatable bonds is 7. The van der Waals surface area contributed by atoms with Gasteiger partial charge in [-0.2, -0.15) is 0 Å². The number of unbranched alkanes of at least 4 members (excludes halogenated alkanes) is 3. The number of hydrogen-bond donors (Lipinski definition) is 0. The summed E-state index contributed by atoms with van der Waals surface area (Å²) in [6.45, 7) is 4.12. The van der Waals surface area contributed by atoms with Crippen molar-refractivity contribution in [2.75, 3.05) is 5.75 Å². The van der Waals surface area contributed by atoms with Crippen LogP contribution in [-0.4, -0.2) is 28.8 Å². The molecule has 0 bridgehead atoms. The van der Waals surface area contributed by atoms with Crippen LogP contribution in [0.4, 0.5) is 0 Å². The van der Waals surface area contributed by atoms with Gasteiger partial charge >= 0.3 is 0 Å². The van der Waals surface area contributed by atoms with Gasteiger partial charge in [-0.3, -0.25) is 0 Å². The van der Waals surface area contributed by atoms with E-state index in [-0.39, 0.29) is 6.04 Å². The summed E-state index contributed by atoms with van der Waals surface area (Å²) in [5.74, 6) is 0.774. The molecule has 3 nitrogen and oxygen atoms in total. The van der Waals surface area contributed by atoms with Crippen molar-refractivity contribution in [2.24, 2.45) is 0 Å². The van der Waals surface area contributed by atoms with Crippen molar-refractivity contribution >= 4 is 38.3 Å². The first-order chi connectivity index (χ1) is 10.5. The van der Waals surface area contributed by atoms with Crippen LogP contribution >= 0.6 is 24.0 Å². The van der Waals surface area contributed by atoms with Gasteiger partial charge in [0.25, 0.3) is 10.0 Å². The molecule has 6 heteroatoms. The zero-order chi connectivity index (χ0) is 16.2.